The Morgan fingerprint density at radius 2 is 2.00 bits per heavy atom. The van der Waals surface area contributed by atoms with Crippen molar-refractivity contribution in [1.29, 1.82) is 0 Å². The molecule has 0 aromatic heterocycles. The van der Waals surface area contributed by atoms with Crippen molar-refractivity contribution in [3.8, 4) is 0 Å². The smallest absolute Gasteiger partial charge is 0.317 e. The van der Waals surface area contributed by atoms with E-state index in [2.05, 4.69) is 17.3 Å². The normalized spacial score (nSPS) is 18.2. The fourth-order valence-corrected chi connectivity index (χ4v) is 2.69. The van der Waals surface area contributed by atoms with Crippen molar-refractivity contribution in [2.45, 2.75) is 32.6 Å². The Labute approximate surface area is 127 Å². The molecule has 1 saturated heterocycles. The fraction of sp³-hybridized carbons (Fsp3) is 0.867. The van der Waals surface area contributed by atoms with Gasteiger partial charge in [-0.3, -0.25) is 4.79 Å². The number of urea groups is 1. The minimum absolute atomic E-state index is 0.00294. The Balaban J connectivity index is 2.28. The molecule has 122 valence electrons. The number of amides is 2. The number of carbonyl (C=O) groups is 2. The number of likely N-dealkylation sites (tertiary alicyclic amines) is 1. The zero-order valence-electron chi connectivity index (χ0n) is 13.5. The standard InChI is InChI=1S/C15H29N3O3/c1-4-12(9-14(19)20)10-16-15(21)18(3)11-13-5-7-17(2)8-6-13/h12-13H,4-11H2,1-3H3,(H,16,21)(H,19,20). The largest absolute Gasteiger partial charge is 0.481 e. The molecule has 1 heterocycles. The van der Waals surface area contributed by atoms with Gasteiger partial charge in [0.25, 0.3) is 0 Å². The molecule has 0 saturated carbocycles. The Kier molecular flexibility index (Phi) is 7.50. The van der Waals surface area contributed by atoms with Crippen molar-refractivity contribution in [3.63, 3.8) is 0 Å². The van der Waals surface area contributed by atoms with Crippen molar-refractivity contribution < 1.29 is 14.7 Å². The van der Waals surface area contributed by atoms with Gasteiger partial charge in [-0.15, -0.1) is 0 Å². The van der Waals surface area contributed by atoms with Crippen LogP contribution in [0.5, 0.6) is 0 Å². The van der Waals surface area contributed by atoms with Crippen LogP contribution in [0.25, 0.3) is 0 Å². The maximum absolute atomic E-state index is 12.0. The molecule has 1 aliphatic heterocycles. The van der Waals surface area contributed by atoms with E-state index in [9.17, 15) is 9.59 Å². The van der Waals surface area contributed by atoms with Crippen molar-refractivity contribution >= 4 is 12.0 Å². The van der Waals surface area contributed by atoms with Crippen LogP contribution in [0, 0.1) is 11.8 Å². The molecule has 1 atom stereocenters. The van der Waals surface area contributed by atoms with Crippen LogP contribution in [0.1, 0.15) is 32.6 Å². The number of carbonyl (C=O) groups excluding carboxylic acids is 1. The van der Waals surface area contributed by atoms with E-state index in [0.717, 1.165) is 38.9 Å². The molecule has 0 spiro atoms. The Morgan fingerprint density at radius 1 is 1.38 bits per heavy atom. The van der Waals surface area contributed by atoms with Gasteiger partial charge in [-0.2, -0.15) is 0 Å². The van der Waals surface area contributed by atoms with Gasteiger partial charge in [-0.05, 0) is 44.8 Å². The molecule has 2 amide bonds. The Morgan fingerprint density at radius 3 is 2.52 bits per heavy atom. The third-order valence-electron chi connectivity index (χ3n) is 4.30. The predicted molar refractivity (Wildman–Crippen MR) is 82.3 cm³/mol. The second kappa shape index (κ2) is 8.87. The number of nitrogens with zero attached hydrogens (tertiary/aromatic N) is 2. The molecule has 1 aliphatic rings. The highest BCUT2D eigenvalue weighted by Crippen LogP contribution is 2.16. The molecule has 1 fully saturated rings. The number of hydrogen-bond donors (Lipinski definition) is 2. The van der Waals surface area contributed by atoms with Gasteiger partial charge in [-0.1, -0.05) is 13.3 Å². The second-order valence-electron chi connectivity index (χ2n) is 6.19. The second-order valence-corrected chi connectivity index (χ2v) is 6.19. The molecule has 0 aliphatic carbocycles. The summed E-state index contributed by atoms with van der Waals surface area (Å²) in [6.07, 6.45) is 3.12. The first-order chi connectivity index (χ1) is 9.92. The number of piperidine rings is 1. The molecule has 1 rings (SSSR count). The Bertz CT molecular complexity index is 341. The third kappa shape index (κ3) is 6.80. The summed E-state index contributed by atoms with van der Waals surface area (Å²) in [5.41, 5.74) is 0. The summed E-state index contributed by atoms with van der Waals surface area (Å²) in [6, 6.07) is -0.0993. The molecular formula is C15H29N3O3. The summed E-state index contributed by atoms with van der Waals surface area (Å²) < 4.78 is 0. The molecule has 21 heavy (non-hydrogen) atoms. The van der Waals surface area contributed by atoms with E-state index in [1.54, 1.807) is 4.90 Å². The zero-order chi connectivity index (χ0) is 15.8. The summed E-state index contributed by atoms with van der Waals surface area (Å²) >= 11 is 0. The van der Waals surface area contributed by atoms with Crippen molar-refractivity contribution in [3.05, 3.63) is 0 Å². The van der Waals surface area contributed by atoms with Crippen LogP contribution < -0.4 is 5.32 Å². The number of hydrogen-bond acceptors (Lipinski definition) is 3. The average molecular weight is 299 g/mol. The lowest BCUT2D eigenvalue weighted by atomic mass is 9.97. The van der Waals surface area contributed by atoms with Gasteiger partial charge < -0.3 is 20.2 Å². The van der Waals surface area contributed by atoms with Crippen LogP contribution in [-0.2, 0) is 4.79 Å². The molecule has 0 aromatic carbocycles. The van der Waals surface area contributed by atoms with Gasteiger partial charge in [0.2, 0.25) is 0 Å². The highest BCUT2D eigenvalue weighted by atomic mass is 16.4. The van der Waals surface area contributed by atoms with Crippen LogP contribution in [0.15, 0.2) is 0 Å². The molecule has 6 heteroatoms. The monoisotopic (exact) mass is 299 g/mol. The lowest BCUT2D eigenvalue weighted by Gasteiger charge is -2.31. The average Bonchev–Trinajstić information content (AvgIpc) is 2.45. The van der Waals surface area contributed by atoms with Crippen LogP contribution in [0.2, 0.25) is 0 Å². The molecule has 1 unspecified atom stereocenters. The molecule has 6 nitrogen and oxygen atoms in total. The predicted octanol–water partition coefficient (Wildman–Crippen LogP) is 1.47. The number of nitrogens with one attached hydrogen (secondary N) is 1. The summed E-state index contributed by atoms with van der Waals surface area (Å²) in [5.74, 6) is -0.239. The topological polar surface area (TPSA) is 72.9 Å². The minimum Gasteiger partial charge on any atom is -0.481 e. The number of aliphatic carboxylic acids is 1. The summed E-state index contributed by atoms with van der Waals surface area (Å²) in [6.45, 7) is 5.34. The maximum Gasteiger partial charge on any atom is 0.317 e. The van der Waals surface area contributed by atoms with Gasteiger partial charge in [0.15, 0.2) is 0 Å². The van der Waals surface area contributed by atoms with E-state index in [-0.39, 0.29) is 18.4 Å². The van der Waals surface area contributed by atoms with Crippen LogP contribution in [-0.4, -0.2) is 67.2 Å². The van der Waals surface area contributed by atoms with Crippen molar-refractivity contribution in [2.24, 2.45) is 11.8 Å². The Hall–Kier alpha value is -1.30. The molecule has 0 bridgehead atoms. The summed E-state index contributed by atoms with van der Waals surface area (Å²) in [4.78, 5) is 26.8. The van der Waals surface area contributed by atoms with Crippen LogP contribution in [0.3, 0.4) is 0 Å². The van der Waals surface area contributed by atoms with E-state index in [4.69, 9.17) is 5.11 Å². The quantitative estimate of drug-likeness (QED) is 0.746. The van der Waals surface area contributed by atoms with Crippen molar-refractivity contribution in [2.75, 3.05) is 40.3 Å². The van der Waals surface area contributed by atoms with Gasteiger partial charge in [0, 0.05) is 26.6 Å². The number of carboxylic acids is 1. The number of carboxylic acid groups (broad SMARTS) is 1. The molecule has 0 radical (unpaired) electrons. The molecule has 2 N–H and O–H groups in total. The van der Waals surface area contributed by atoms with Crippen molar-refractivity contribution in [1.82, 2.24) is 15.1 Å². The van der Waals surface area contributed by atoms with E-state index in [1.807, 2.05) is 14.0 Å². The van der Waals surface area contributed by atoms with Gasteiger partial charge >= 0.3 is 12.0 Å². The van der Waals surface area contributed by atoms with Crippen LogP contribution >= 0.6 is 0 Å². The highest BCUT2D eigenvalue weighted by Gasteiger charge is 2.20. The van der Waals surface area contributed by atoms with Gasteiger partial charge in [0.05, 0.1) is 0 Å². The van der Waals surface area contributed by atoms with E-state index >= 15 is 0 Å². The van der Waals surface area contributed by atoms with E-state index < -0.39 is 5.97 Å². The van der Waals surface area contributed by atoms with E-state index in [0.29, 0.717) is 12.5 Å². The van der Waals surface area contributed by atoms with Crippen LogP contribution in [0.4, 0.5) is 4.79 Å². The number of rotatable bonds is 7. The minimum atomic E-state index is -0.809. The summed E-state index contributed by atoms with van der Waals surface area (Å²) in [7, 11) is 3.94. The molecular weight excluding hydrogens is 270 g/mol. The first-order valence-corrected chi connectivity index (χ1v) is 7.81. The maximum atomic E-state index is 12.0. The third-order valence-corrected chi connectivity index (χ3v) is 4.30. The fourth-order valence-electron chi connectivity index (χ4n) is 2.69. The SMILES string of the molecule is CCC(CNC(=O)N(C)CC1CCN(C)CC1)CC(=O)O. The highest BCUT2D eigenvalue weighted by molar-refractivity contribution is 5.74. The summed E-state index contributed by atoms with van der Waals surface area (Å²) in [5, 5.41) is 11.7. The lowest BCUT2D eigenvalue weighted by Crippen LogP contribution is -2.43. The first-order valence-electron chi connectivity index (χ1n) is 7.81. The van der Waals surface area contributed by atoms with Gasteiger partial charge in [-0.25, -0.2) is 4.79 Å². The van der Waals surface area contributed by atoms with Gasteiger partial charge in [0.1, 0.15) is 0 Å². The lowest BCUT2D eigenvalue weighted by molar-refractivity contribution is -0.138. The molecule has 0 aromatic rings. The first kappa shape index (κ1) is 17.8. The van der Waals surface area contributed by atoms with E-state index in [1.165, 1.54) is 0 Å². The zero-order valence-corrected chi connectivity index (χ0v) is 13.5.